The van der Waals surface area contributed by atoms with Crippen molar-refractivity contribution >= 4 is 78.4 Å². The Balaban J connectivity index is -0.00000363. The topological polar surface area (TPSA) is 311 Å². The third-order valence-electron chi connectivity index (χ3n) is 9.63. The Kier molecular flexibility index (Phi) is 53.1. The van der Waals surface area contributed by atoms with Gasteiger partial charge in [-0.25, -0.2) is 4.79 Å². The molecule has 0 radical (unpaired) electrons. The van der Waals surface area contributed by atoms with Crippen molar-refractivity contribution in [1.29, 1.82) is 0 Å². The monoisotopic (exact) mass is 1050 g/mol. The fourth-order valence-electron chi connectivity index (χ4n) is 5.94. The summed E-state index contributed by atoms with van der Waals surface area (Å²) >= 11 is 4.96. The van der Waals surface area contributed by atoms with E-state index < -0.39 is 48.0 Å². The highest BCUT2D eigenvalue weighted by atomic mass is 32.2. The largest absolute Gasteiger partial charge is 0.481 e. The number of rotatable bonds is 47. The first-order valence-corrected chi connectivity index (χ1v) is 26.1. The number of nitrogens with one attached hydrogen (secondary N) is 5. The predicted molar refractivity (Wildman–Crippen MR) is 266 cm³/mol. The van der Waals surface area contributed by atoms with Gasteiger partial charge in [0.15, 0.2) is 0 Å². The number of amides is 4. The Morgan fingerprint density at radius 2 is 0.986 bits per heavy atom. The predicted octanol–water partition coefficient (Wildman–Crippen LogP) is 4.18. The highest BCUT2D eigenvalue weighted by Gasteiger charge is 2.21. The van der Waals surface area contributed by atoms with Crippen LogP contribution in [0.4, 0.5) is 4.39 Å². The molecule has 8 N–H and O–H groups in total. The second-order valence-electron chi connectivity index (χ2n) is 15.6. The van der Waals surface area contributed by atoms with Crippen molar-refractivity contribution < 1.29 is 81.8 Å². The quantitative estimate of drug-likeness (QED) is 0.0179. The number of halogens is 1. The molecular formula is C46H84FN5O16S2. The summed E-state index contributed by atoms with van der Waals surface area (Å²) in [6.45, 7) is 4.82. The first-order valence-electron chi connectivity index (χ1n) is 24.3. The van der Waals surface area contributed by atoms with Crippen molar-refractivity contribution in [2.45, 2.75) is 160 Å². The van der Waals surface area contributed by atoms with Gasteiger partial charge >= 0.3 is 23.9 Å². The molecule has 0 fully saturated rings. The summed E-state index contributed by atoms with van der Waals surface area (Å²) in [5.74, 6) is -4.20. The van der Waals surface area contributed by atoms with Crippen LogP contribution in [0.25, 0.3) is 0 Å². The van der Waals surface area contributed by atoms with Gasteiger partial charge in [-0.2, -0.15) is 16.2 Å². The molecule has 0 spiro atoms. The van der Waals surface area contributed by atoms with Crippen molar-refractivity contribution in [2.24, 2.45) is 0 Å². The normalized spacial score (nSPS) is 11.8. The number of hydrogen-bond donors (Lipinski definition) is 9. The molecular weight excluding hydrogens is 962 g/mol. The Hall–Kier alpha value is -3.94. The van der Waals surface area contributed by atoms with Crippen LogP contribution in [0.15, 0.2) is 0 Å². The summed E-state index contributed by atoms with van der Waals surface area (Å²) in [6.07, 6.45) is 17.3. The molecule has 4 amide bonds. The molecule has 0 aliphatic carbocycles. The van der Waals surface area contributed by atoms with Crippen molar-refractivity contribution in [3.8, 4) is 0 Å². The van der Waals surface area contributed by atoms with E-state index in [1.165, 1.54) is 50.3 Å². The van der Waals surface area contributed by atoms with E-state index in [-0.39, 0.29) is 122 Å². The number of carboxylic acid groups (broad SMARTS) is 3. The number of carboxylic acids is 3. The summed E-state index contributed by atoms with van der Waals surface area (Å²) in [5, 5.41) is 36.9. The van der Waals surface area contributed by atoms with Crippen LogP contribution in [0.3, 0.4) is 0 Å². The van der Waals surface area contributed by atoms with E-state index in [1.807, 2.05) is 13.8 Å². The van der Waals surface area contributed by atoms with E-state index in [4.69, 9.17) is 29.2 Å². The average Bonchev–Trinajstić information content (AvgIpc) is 3.32. The maximum absolute atomic E-state index is 12.3. The zero-order chi connectivity index (χ0) is 53.0. The van der Waals surface area contributed by atoms with Crippen molar-refractivity contribution in [3.63, 3.8) is 0 Å². The van der Waals surface area contributed by atoms with Crippen LogP contribution in [-0.2, 0) is 62.1 Å². The summed E-state index contributed by atoms with van der Waals surface area (Å²) < 4.78 is 35.1. The van der Waals surface area contributed by atoms with Crippen molar-refractivity contribution in [1.82, 2.24) is 26.0 Å². The number of unbranched alkanes of at least 4 members (excludes halogenated alkanes) is 13. The van der Waals surface area contributed by atoms with E-state index in [2.05, 4.69) is 38.8 Å². The number of carbonyl (C=O) groups excluding carboxylic acids is 6. The number of aldehydes is 1. The van der Waals surface area contributed by atoms with Crippen LogP contribution in [0, 0.1) is 0 Å². The van der Waals surface area contributed by atoms with E-state index in [0.717, 1.165) is 44.9 Å². The minimum Gasteiger partial charge on any atom is -0.481 e. The molecule has 0 aromatic carbocycles. The molecule has 0 bridgehead atoms. The molecule has 0 rings (SSSR count). The summed E-state index contributed by atoms with van der Waals surface area (Å²) in [5.41, 5.74) is 0. The standard InChI is InChI=1S/C40H70N4O15.C4H8FNOS2.C2H6/c45-29-32(17-20-39(52)53)43-37(49)31-59-28-26-57-24-22-42-36(48)30-58-27-25-56-23-21-41-34(46)19-18-33(40(54)55)44-35(47)15-13-11-9-7-5-3-1-2-4-6-8-10-12-14-16-38(50)51;1-9-2-3(6-8)4(5)7;1-2/h29,32-33H,1-28,30-31H2,(H,41,46)(H,42,48)(H,43,49)(H,44,47)(H,50,51)(H,52,53)(H,54,55);3,6,8H,2H2,1H3;1-2H3/t32?,33-;;/m0../s1. The first kappa shape index (κ1) is 70.3. The maximum atomic E-state index is 12.3. The van der Waals surface area contributed by atoms with Gasteiger partial charge in [0, 0.05) is 44.5 Å². The zero-order valence-electron chi connectivity index (χ0n) is 41.6. The molecule has 0 aliphatic heterocycles. The molecule has 3 atom stereocenters. The van der Waals surface area contributed by atoms with Gasteiger partial charge in [0.1, 0.15) is 31.6 Å². The Bertz CT molecular complexity index is 1410. The van der Waals surface area contributed by atoms with Gasteiger partial charge in [-0.1, -0.05) is 104 Å². The van der Waals surface area contributed by atoms with Gasteiger partial charge in [-0.3, -0.25) is 38.3 Å². The second kappa shape index (κ2) is 52.9. The minimum absolute atomic E-state index is 0.0144. The molecule has 2 unspecified atom stereocenters. The highest BCUT2D eigenvalue weighted by molar-refractivity contribution is 7.98. The van der Waals surface area contributed by atoms with Crippen molar-refractivity contribution in [3.05, 3.63) is 0 Å². The molecule has 0 saturated heterocycles. The van der Waals surface area contributed by atoms with Crippen LogP contribution < -0.4 is 26.0 Å². The van der Waals surface area contributed by atoms with Crippen LogP contribution in [0.1, 0.15) is 142 Å². The lowest BCUT2D eigenvalue weighted by Gasteiger charge is -2.14. The van der Waals surface area contributed by atoms with Crippen LogP contribution >= 0.6 is 24.6 Å². The zero-order valence-corrected chi connectivity index (χ0v) is 43.3. The molecule has 0 aromatic heterocycles. The molecule has 70 heavy (non-hydrogen) atoms. The number of ether oxygens (including phenoxy) is 4. The molecule has 21 nitrogen and oxygen atoms in total. The van der Waals surface area contributed by atoms with E-state index >= 15 is 0 Å². The lowest BCUT2D eigenvalue weighted by Crippen LogP contribution is -2.41. The summed E-state index contributed by atoms with van der Waals surface area (Å²) in [4.78, 5) is 102. The average molecular weight is 1050 g/mol. The second-order valence-corrected chi connectivity index (χ2v) is 16.7. The molecule has 0 saturated carbocycles. The summed E-state index contributed by atoms with van der Waals surface area (Å²) in [6, 6.07) is -4.18. The molecule has 0 aliphatic rings. The van der Waals surface area contributed by atoms with E-state index in [9.17, 15) is 52.6 Å². The van der Waals surface area contributed by atoms with Crippen LogP contribution in [0.5, 0.6) is 0 Å². The lowest BCUT2D eigenvalue weighted by atomic mass is 10.0. The number of thioether (sulfide) groups is 1. The first-order chi connectivity index (χ1) is 33.7. The summed E-state index contributed by atoms with van der Waals surface area (Å²) in [7, 11) is 0. The number of aliphatic carboxylic acids is 3. The van der Waals surface area contributed by atoms with Crippen LogP contribution in [0.2, 0.25) is 0 Å². The maximum Gasteiger partial charge on any atom is 0.326 e. The Labute approximate surface area is 423 Å². The van der Waals surface area contributed by atoms with Gasteiger partial charge in [-0.15, -0.1) is 0 Å². The van der Waals surface area contributed by atoms with Gasteiger partial charge in [-0.05, 0) is 31.9 Å². The van der Waals surface area contributed by atoms with E-state index in [0.29, 0.717) is 18.5 Å². The third kappa shape index (κ3) is 51.9. The van der Waals surface area contributed by atoms with Gasteiger partial charge in [0.25, 0.3) is 0 Å². The highest BCUT2D eigenvalue weighted by Crippen LogP contribution is 2.14. The molecule has 0 aromatic rings. The Morgan fingerprint density at radius 1 is 0.543 bits per heavy atom. The smallest absolute Gasteiger partial charge is 0.326 e. The van der Waals surface area contributed by atoms with E-state index in [1.54, 1.807) is 6.26 Å². The molecule has 408 valence electrons. The number of hydrogen-bond acceptors (Lipinski definition) is 16. The van der Waals surface area contributed by atoms with Gasteiger partial charge < -0.3 is 60.3 Å². The Morgan fingerprint density at radius 3 is 1.40 bits per heavy atom. The van der Waals surface area contributed by atoms with Crippen LogP contribution in [-0.4, -0.2) is 165 Å². The van der Waals surface area contributed by atoms with Gasteiger partial charge in [0.05, 0.1) is 45.7 Å². The van der Waals surface area contributed by atoms with Crippen molar-refractivity contribution in [2.75, 3.05) is 78.0 Å². The van der Waals surface area contributed by atoms with Gasteiger partial charge in [0.2, 0.25) is 23.6 Å². The SMILES string of the molecule is CC.CSCC(NS)C(=O)F.O=CC(CCC(=O)O)NC(=O)COCCOCCNC(=O)COCCOCCNC(=O)CC[C@H](NC(=O)CCCCCCCCCCCCCCCCC(=O)O)C(=O)O. The number of thiol groups is 1. The molecule has 24 heteroatoms. The fourth-order valence-corrected chi connectivity index (χ4v) is 6.80. The molecule has 0 heterocycles. The minimum atomic E-state index is -1.36. The third-order valence-corrected chi connectivity index (χ3v) is 10.6. The fraction of sp³-hybridized carbons (Fsp3) is 0.804. The number of carbonyl (C=O) groups is 9. The lowest BCUT2D eigenvalue weighted by molar-refractivity contribution is -0.142.